The molecule has 2 unspecified atom stereocenters. The van der Waals surface area contributed by atoms with Gasteiger partial charge in [-0.05, 0) is 43.0 Å². The van der Waals surface area contributed by atoms with Crippen molar-refractivity contribution in [3.05, 3.63) is 95.6 Å². The highest BCUT2D eigenvalue weighted by Gasteiger charge is 2.44. The first kappa shape index (κ1) is 26.7. The molecule has 0 fully saturated rings. The normalized spacial score (nSPS) is 15.5. The van der Waals surface area contributed by atoms with Gasteiger partial charge < -0.3 is 19.5 Å². The van der Waals surface area contributed by atoms with E-state index < -0.39 is 12.1 Å². The third-order valence-corrected chi connectivity index (χ3v) is 7.67. The number of benzene rings is 3. The largest absolute Gasteiger partial charge is 0.381 e. The number of unbranched alkanes of at least 4 members (excludes halogenated alkanes) is 1. The van der Waals surface area contributed by atoms with E-state index in [1.54, 1.807) is 4.90 Å². The number of amides is 2. The maximum Gasteiger partial charge on any atom is 0.255 e. The Balaban J connectivity index is 1.53. The Kier molecular flexibility index (Phi) is 8.13. The van der Waals surface area contributed by atoms with Crippen LogP contribution in [0.25, 0.3) is 22.2 Å². The van der Waals surface area contributed by atoms with E-state index in [1.165, 1.54) is 0 Å². The third kappa shape index (κ3) is 5.09. The van der Waals surface area contributed by atoms with Gasteiger partial charge in [-0.15, -0.1) is 0 Å². The van der Waals surface area contributed by atoms with Crippen LogP contribution < -0.4 is 5.32 Å². The van der Waals surface area contributed by atoms with E-state index in [9.17, 15) is 9.59 Å². The molecule has 2 heterocycles. The average molecular weight is 524 g/mol. The first-order valence-corrected chi connectivity index (χ1v) is 13.9. The van der Waals surface area contributed by atoms with Crippen LogP contribution in [0.15, 0.2) is 78.9 Å². The van der Waals surface area contributed by atoms with Gasteiger partial charge in [-0.3, -0.25) is 9.59 Å². The van der Waals surface area contributed by atoms with Gasteiger partial charge in [-0.1, -0.05) is 80.1 Å². The summed E-state index contributed by atoms with van der Waals surface area (Å²) in [6, 6.07) is 25.3. The Morgan fingerprint density at radius 1 is 0.949 bits per heavy atom. The monoisotopic (exact) mass is 523 g/mol. The number of hydrogen-bond acceptors (Lipinski definition) is 3. The molecule has 1 aromatic heterocycles. The van der Waals surface area contributed by atoms with Crippen LogP contribution in [0.4, 0.5) is 0 Å². The molecule has 39 heavy (non-hydrogen) atoms. The van der Waals surface area contributed by atoms with Crippen molar-refractivity contribution in [2.45, 2.75) is 45.2 Å². The van der Waals surface area contributed by atoms with Crippen LogP contribution in [0.5, 0.6) is 0 Å². The molecule has 0 aliphatic carbocycles. The average Bonchev–Trinajstić information content (AvgIpc) is 3.43. The molecule has 4 aromatic rings. The van der Waals surface area contributed by atoms with Crippen molar-refractivity contribution < 1.29 is 14.3 Å². The number of nitrogens with zero attached hydrogens (tertiary/aromatic N) is 2. The Morgan fingerprint density at radius 2 is 1.64 bits per heavy atom. The molecule has 0 saturated carbocycles. The number of carbonyl (C=O) groups is 2. The lowest BCUT2D eigenvalue weighted by Gasteiger charge is -2.31. The van der Waals surface area contributed by atoms with Gasteiger partial charge in [-0.2, -0.15) is 0 Å². The number of aryl methyl sites for hydroxylation is 1. The molecule has 5 rings (SSSR count). The highest BCUT2D eigenvalue weighted by atomic mass is 16.5. The summed E-state index contributed by atoms with van der Waals surface area (Å²) in [5.41, 5.74) is 5.83. The van der Waals surface area contributed by atoms with Gasteiger partial charge in [0.1, 0.15) is 6.04 Å². The van der Waals surface area contributed by atoms with Crippen LogP contribution in [0.3, 0.4) is 0 Å². The lowest BCUT2D eigenvalue weighted by atomic mass is 9.92. The van der Waals surface area contributed by atoms with Gasteiger partial charge in [0.2, 0.25) is 5.91 Å². The van der Waals surface area contributed by atoms with Crippen molar-refractivity contribution in [2.75, 3.05) is 19.8 Å². The summed E-state index contributed by atoms with van der Waals surface area (Å²) in [7, 11) is 2.07. The van der Waals surface area contributed by atoms with Crippen LogP contribution >= 0.6 is 0 Å². The highest BCUT2D eigenvalue weighted by Crippen LogP contribution is 2.47. The minimum absolute atomic E-state index is 0.118. The van der Waals surface area contributed by atoms with Gasteiger partial charge in [0, 0.05) is 48.8 Å². The van der Waals surface area contributed by atoms with Crippen molar-refractivity contribution in [1.29, 1.82) is 0 Å². The molecule has 6 heteroatoms. The van der Waals surface area contributed by atoms with Gasteiger partial charge in [-0.25, -0.2) is 0 Å². The molecule has 202 valence electrons. The molecular formula is C33H37N3O3. The molecule has 6 nitrogen and oxygen atoms in total. The summed E-state index contributed by atoms with van der Waals surface area (Å²) in [6.45, 7) is 5.84. The fourth-order valence-corrected chi connectivity index (χ4v) is 5.68. The van der Waals surface area contributed by atoms with Gasteiger partial charge in [0.25, 0.3) is 5.91 Å². The zero-order chi connectivity index (χ0) is 27.4. The van der Waals surface area contributed by atoms with E-state index in [0.29, 0.717) is 18.7 Å². The second-order valence-electron chi connectivity index (χ2n) is 10.2. The number of para-hydroxylation sites is 1. The topological polar surface area (TPSA) is 63.6 Å². The van der Waals surface area contributed by atoms with Crippen LogP contribution in [0.2, 0.25) is 0 Å². The number of nitrogens with one attached hydrogen (secondary N) is 1. The van der Waals surface area contributed by atoms with Crippen LogP contribution in [0, 0.1) is 0 Å². The zero-order valence-corrected chi connectivity index (χ0v) is 23.0. The van der Waals surface area contributed by atoms with E-state index in [4.69, 9.17) is 4.74 Å². The van der Waals surface area contributed by atoms with Gasteiger partial charge in [0.15, 0.2) is 0 Å². The standard InChI is InChI=1S/C33H37N3O3/c1-4-5-21-39-22-13-20-34-32(37)23(2)36-31(25-16-9-10-17-26(25)33(36)38)29-27-18-11-12-19-28(27)35(3)30(29)24-14-7-6-8-15-24/h6-12,14-19,23,31H,4-5,13,20-22H2,1-3H3,(H,34,37). The minimum atomic E-state index is -0.654. The van der Waals surface area contributed by atoms with Crippen LogP contribution in [-0.4, -0.2) is 47.1 Å². The molecular weight excluding hydrogens is 486 g/mol. The Labute approximate surface area is 230 Å². The molecule has 0 bridgehead atoms. The van der Waals surface area contributed by atoms with E-state index in [-0.39, 0.29) is 11.8 Å². The second kappa shape index (κ2) is 11.9. The number of fused-ring (bicyclic) bond motifs is 2. The van der Waals surface area contributed by atoms with E-state index in [1.807, 2.05) is 61.5 Å². The molecule has 1 aliphatic rings. The summed E-state index contributed by atoms with van der Waals surface area (Å²) in [6.07, 6.45) is 2.88. The molecule has 1 N–H and O–H groups in total. The van der Waals surface area contributed by atoms with Crippen molar-refractivity contribution in [1.82, 2.24) is 14.8 Å². The fraction of sp³-hybridized carbons (Fsp3) is 0.333. The second-order valence-corrected chi connectivity index (χ2v) is 10.2. The molecule has 3 aromatic carbocycles. The molecule has 0 spiro atoms. The Hall–Kier alpha value is -3.90. The molecule has 0 radical (unpaired) electrons. The van der Waals surface area contributed by atoms with E-state index >= 15 is 0 Å². The highest BCUT2D eigenvalue weighted by molar-refractivity contribution is 6.04. The zero-order valence-electron chi connectivity index (χ0n) is 23.0. The minimum Gasteiger partial charge on any atom is -0.381 e. The van der Waals surface area contributed by atoms with E-state index in [0.717, 1.165) is 59.2 Å². The number of hydrogen-bond donors (Lipinski definition) is 1. The van der Waals surface area contributed by atoms with Crippen molar-refractivity contribution in [2.24, 2.45) is 7.05 Å². The molecule has 1 aliphatic heterocycles. The summed E-state index contributed by atoms with van der Waals surface area (Å²) in [5, 5.41) is 4.12. The third-order valence-electron chi connectivity index (χ3n) is 7.67. The maximum absolute atomic E-state index is 13.9. The summed E-state index contributed by atoms with van der Waals surface area (Å²) < 4.78 is 7.83. The van der Waals surface area contributed by atoms with Gasteiger partial charge >= 0.3 is 0 Å². The van der Waals surface area contributed by atoms with E-state index in [2.05, 4.69) is 48.1 Å². The quantitative estimate of drug-likeness (QED) is 0.242. The maximum atomic E-state index is 13.9. The molecule has 2 amide bonds. The Morgan fingerprint density at radius 3 is 2.44 bits per heavy atom. The van der Waals surface area contributed by atoms with Crippen molar-refractivity contribution in [3.8, 4) is 11.3 Å². The lowest BCUT2D eigenvalue weighted by molar-refractivity contribution is -0.125. The number of carbonyl (C=O) groups excluding carboxylic acids is 2. The SMILES string of the molecule is CCCCOCCCNC(=O)C(C)N1C(=O)c2ccccc2C1c1c(-c2ccccc2)n(C)c2ccccc12. The molecule has 0 saturated heterocycles. The number of ether oxygens (including phenoxy) is 1. The van der Waals surface area contributed by atoms with Crippen molar-refractivity contribution >= 4 is 22.7 Å². The fourth-order valence-electron chi connectivity index (χ4n) is 5.68. The first-order chi connectivity index (χ1) is 19.0. The number of aromatic nitrogens is 1. The smallest absolute Gasteiger partial charge is 0.255 e. The summed E-state index contributed by atoms with van der Waals surface area (Å²) >= 11 is 0. The van der Waals surface area contributed by atoms with Crippen LogP contribution in [0.1, 0.15) is 60.6 Å². The predicted octanol–water partition coefficient (Wildman–Crippen LogP) is 6.10. The van der Waals surface area contributed by atoms with Crippen molar-refractivity contribution in [3.63, 3.8) is 0 Å². The lowest BCUT2D eigenvalue weighted by Crippen LogP contribution is -2.47. The summed E-state index contributed by atoms with van der Waals surface area (Å²) in [5.74, 6) is -0.274. The Bertz CT molecular complexity index is 1460. The predicted molar refractivity (Wildman–Crippen MR) is 156 cm³/mol. The summed E-state index contributed by atoms with van der Waals surface area (Å²) in [4.78, 5) is 29.1. The van der Waals surface area contributed by atoms with Crippen LogP contribution in [-0.2, 0) is 16.6 Å². The molecule has 2 atom stereocenters. The first-order valence-electron chi connectivity index (χ1n) is 13.9. The number of rotatable bonds is 11. The van der Waals surface area contributed by atoms with Gasteiger partial charge in [0.05, 0.1) is 11.7 Å².